The summed E-state index contributed by atoms with van der Waals surface area (Å²) in [6.45, 7) is 6.73. The van der Waals surface area contributed by atoms with E-state index < -0.39 is 23.8 Å². The van der Waals surface area contributed by atoms with Gasteiger partial charge in [0.05, 0.1) is 24.1 Å². The molecular weight excluding hydrogens is 700 g/mol. The lowest BCUT2D eigenvalue weighted by Gasteiger charge is -2.59. The molecule has 3 aliphatic rings. The highest BCUT2D eigenvalue weighted by atomic mass is 35.5. The number of ether oxygens (including phenoxy) is 4. The lowest BCUT2D eigenvalue weighted by Crippen LogP contribution is -2.70. The zero-order valence-corrected chi connectivity index (χ0v) is 31.5. The minimum Gasteiger partial charge on any atom is -0.459 e. The zero-order valence-electron chi connectivity index (χ0n) is 30.8. The third-order valence-corrected chi connectivity index (χ3v) is 10.6. The number of alkyl halides is 1. The third-order valence-electron chi connectivity index (χ3n) is 10.5. The smallest absolute Gasteiger partial charge is 0.410 e. The number of carbonyl (C=O) groups excluding carboxylic acids is 2. The van der Waals surface area contributed by atoms with E-state index in [-0.39, 0.29) is 56.5 Å². The maximum Gasteiger partial charge on any atom is 0.410 e. The van der Waals surface area contributed by atoms with Crippen molar-refractivity contribution in [2.45, 2.75) is 76.0 Å². The fourth-order valence-corrected chi connectivity index (χ4v) is 8.51. The van der Waals surface area contributed by atoms with Crippen LogP contribution in [-0.2, 0) is 14.3 Å². The van der Waals surface area contributed by atoms with Crippen molar-refractivity contribution in [3.63, 3.8) is 0 Å². The number of allylic oxidation sites excluding steroid dienone is 1. The molecule has 1 fully saturated rings. The summed E-state index contributed by atoms with van der Waals surface area (Å²) >= 11 is 5.96. The van der Waals surface area contributed by atoms with Crippen LogP contribution in [0.2, 0.25) is 0 Å². The second kappa shape index (κ2) is 19.4. The molecule has 2 aromatic carbocycles. The molecule has 2 aromatic rings. The standard InChI is InChI=1S/C41H53ClN2O9/c1-4-18-44(40(48)50-22-17-42)37-26-35(43-49-3)33-24-29(12-6-8-19-45)32(14-7-9-20-46)38-34-25-31(52-30-13-10-11-28(23-30)27-47)15-16-36(34)53-41(37,39(33)38)51-21-5-2/h5,10-11,13,15-16,23-25,27,29,32,37-39,45-46H,2,4,6-9,12,14,17-22,26H2,1,3H3. The van der Waals surface area contributed by atoms with Crippen LogP contribution in [0.25, 0.3) is 0 Å². The van der Waals surface area contributed by atoms with Crippen LogP contribution in [0, 0.1) is 17.8 Å². The maximum atomic E-state index is 13.9. The second-order valence-electron chi connectivity index (χ2n) is 13.7. The Morgan fingerprint density at radius 3 is 2.58 bits per heavy atom. The molecule has 288 valence electrons. The van der Waals surface area contributed by atoms with Crippen LogP contribution in [0.3, 0.4) is 0 Å². The van der Waals surface area contributed by atoms with Gasteiger partial charge in [0, 0.05) is 43.2 Å². The number of carbonyl (C=O) groups is 2. The Morgan fingerprint density at radius 2 is 1.89 bits per heavy atom. The SMILES string of the molecule is C=CCOC12Oc3ccc(Oc4cccc(C=O)c4)cc3C3C(CCCCO)C(CCCCO)C=C(C(=NOC)CC1N(CCC)C(=O)OCCCl)C32. The number of aldehydes is 1. The van der Waals surface area contributed by atoms with Crippen molar-refractivity contribution in [2.24, 2.45) is 22.9 Å². The summed E-state index contributed by atoms with van der Waals surface area (Å²) in [5.74, 6) is -0.0345. The zero-order chi connectivity index (χ0) is 37.8. The predicted octanol–water partition coefficient (Wildman–Crippen LogP) is 7.64. The summed E-state index contributed by atoms with van der Waals surface area (Å²) in [5, 5.41) is 24.2. The minimum absolute atomic E-state index is 0.0503. The quantitative estimate of drug-likeness (QED) is 0.0460. The van der Waals surface area contributed by atoms with E-state index in [1.54, 1.807) is 35.2 Å². The van der Waals surface area contributed by atoms with Gasteiger partial charge in [-0.15, -0.1) is 18.2 Å². The highest BCUT2D eigenvalue weighted by Gasteiger charge is 2.65. The predicted molar refractivity (Wildman–Crippen MR) is 203 cm³/mol. The fourth-order valence-electron chi connectivity index (χ4n) is 8.43. The average molecular weight is 753 g/mol. The number of hydrogen-bond acceptors (Lipinski definition) is 10. The van der Waals surface area contributed by atoms with E-state index >= 15 is 0 Å². The van der Waals surface area contributed by atoms with Crippen molar-refractivity contribution >= 4 is 29.7 Å². The first-order valence-electron chi connectivity index (χ1n) is 18.7. The third kappa shape index (κ3) is 8.91. The van der Waals surface area contributed by atoms with Crippen molar-refractivity contribution in [3.8, 4) is 17.2 Å². The molecule has 2 aliphatic carbocycles. The number of fused-ring (bicyclic) bond motifs is 2. The lowest BCUT2D eigenvalue weighted by atomic mass is 9.55. The van der Waals surface area contributed by atoms with Gasteiger partial charge in [0.1, 0.15) is 43.3 Å². The van der Waals surface area contributed by atoms with Crippen LogP contribution in [-0.4, -0.2) is 91.0 Å². The normalized spacial score (nSPS) is 25.0. The van der Waals surface area contributed by atoms with E-state index in [9.17, 15) is 19.8 Å². The van der Waals surface area contributed by atoms with Crippen LogP contribution < -0.4 is 9.47 Å². The van der Waals surface area contributed by atoms with Crippen molar-refractivity contribution in [3.05, 3.63) is 77.9 Å². The first-order chi connectivity index (χ1) is 25.9. The molecule has 2 N–H and O–H groups in total. The van der Waals surface area contributed by atoms with Gasteiger partial charge in [0.2, 0.25) is 5.79 Å². The monoisotopic (exact) mass is 752 g/mol. The van der Waals surface area contributed by atoms with Gasteiger partial charge in [-0.05, 0) is 79.8 Å². The first kappa shape index (κ1) is 40.3. The van der Waals surface area contributed by atoms with Gasteiger partial charge in [0.25, 0.3) is 0 Å². The Hall–Kier alpha value is -3.90. The number of amides is 1. The van der Waals surface area contributed by atoms with Gasteiger partial charge in [-0.3, -0.25) is 9.69 Å². The van der Waals surface area contributed by atoms with Gasteiger partial charge in [-0.2, -0.15) is 0 Å². The Labute approximate surface area is 317 Å². The number of aliphatic hydroxyl groups is 2. The Bertz CT molecular complexity index is 1620. The molecule has 1 amide bonds. The number of unbranched alkanes of at least 4 members (excludes halogenated alkanes) is 2. The fraction of sp³-hybridized carbons (Fsp3) is 0.537. The molecular formula is C41H53ClN2O9. The van der Waals surface area contributed by atoms with Crippen molar-refractivity contribution < 1.29 is 43.6 Å². The number of aliphatic hydroxyl groups excluding tert-OH is 2. The highest BCUT2D eigenvalue weighted by molar-refractivity contribution is 6.18. The molecule has 0 radical (unpaired) electrons. The number of oxime groups is 1. The second-order valence-corrected chi connectivity index (χ2v) is 14.1. The van der Waals surface area contributed by atoms with E-state index in [1.165, 1.54) is 7.11 Å². The number of rotatable bonds is 20. The van der Waals surface area contributed by atoms with Crippen LogP contribution >= 0.6 is 11.6 Å². The van der Waals surface area contributed by atoms with E-state index in [0.29, 0.717) is 54.3 Å². The van der Waals surface area contributed by atoms with Crippen molar-refractivity contribution in [2.75, 3.05) is 46.0 Å². The van der Waals surface area contributed by atoms with Crippen LogP contribution in [0.5, 0.6) is 17.2 Å². The molecule has 0 spiro atoms. The van der Waals surface area contributed by atoms with Gasteiger partial charge in [-0.25, -0.2) is 4.79 Å². The van der Waals surface area contributed by atoms with Gasteiger partial charge >= 0.3 is 6.09 Å². The number of hydrogen-bond donors (Lipinski definition) is 2. The average Bonchev–Trinajstić information content (AvgIpc) is 3.17. The first-order valence-corrected chi connectivity index (χ1v) is 19.3. The van der Waals surface area contributed by atoms with E-state index in [4.69, 9.17) is 35.4 Å². The summed E-state index contributed by atoms with van der Waals surface area (Å²) in [4.78, 5) is 32.6. The van der Waals surface area contributed by atoms with Crippen LogP contribution in [0.15, 0.2) is 71.9 Å². The molecule has 1 saturated carbocycles. The molecule has 5 rings (SSSR count). The minimum atomic E-state index is -1.38. The maximum absolute atomic E-state index is 13.9. The van der Waals surface area contributed by atoms with E-state index in [2.05, 4.69) is 17.8 Å². The summed E-state index contributed by atoms with van der Waals surface area (Å²) in [7, 11) is 1.52. The van der Waals surface area contributed by atoms with Gasteiger partial charge in [-0.1, -0.05) is 49.2 Å². The largest absolute Gasteiger partial charge is 0.459 e. The van der Waals surface area contributed by atoms with Crippen LogP contribution in [0.1, 0.15) is 80.1 Å². The molecule has 12 heteroatoms. The number of halogens is 1. The molecule has 0 bridgehead atoms. The molecule has 53 heavy (non-hydrogen) atoms. The molecule has 1 aliphatic heterocycles. The summed E-state index contributed by atoms with van der Waals surface area (Å²) in [6, 6.07) is 12.0. The van der Waals surface area contributed by atoms with E-state index in [1.807, 2.05) is 25.1 Å². The summed E-state index contributed by atoms with van der Waals surface area (Å²) in [5.41, 5.74) is 3.06. The molecule has 0 aromatic heterocycles. The molecule has 6 atom stereocenters. The van der Waals surface area contributed by atoms with Crippen LogP contribution in [0.4, 0.5) is 4.79 Å². The molecule has 6 unspecified atom stereocenters. The Balaban J connectivity index is 1.76. The van der Waals surface area contributed by atoms with Gasteiger partial charge < -0.3 is 34.0 Å². The summed E-state index contributed by atoms with van der Waals surface area (Å²) in [6.07, 6.45) is 9.75. The Kier molecular flexibility index (Phi) is 14.8. The molecule has 11 nitrogen and oxygen atoms in total. The molecule has 1 heterocycles. The topological polar surface area (TPSA) is 136 Å². The van der Waals surface area contributed by atoms with Gasteiger partial charge in [0.15, 0.2) is 0 Å². The number of benzene rings is 2. The van der Waals surface area contributed by atoms with Crippen molar-refractivity contribution in [1.82, 2.24) is 4.90 Å². The molecule has 0 saturated heterocycles. The Morgan fingerprint density at radius 1 is 1.11 bits per heavy atom. The highest BCUT2D eigenvalue weighted by Crippen LogP contribution is 2.62. The lowest BCUT2D eigenvalue weighted by molar-refractivity contribution is -0.255. The van der Waals surface area contributed by atoms with Crippen molar-refractivity contribution in [1.29, 1.82) is 0 Å². The van der Waals surface area contributed by atoms with E-state index in [0.717, 1.165) is 43.1 Å². The summed E-state index contributed by atoms with van der Waals surface area (Å²) < 4.78 is 26.1. The number of nitrogens with zero attached hydrogens (tertiary/aromatic N) is 2.